The number of carbonyl (C=O) groups is 2. The van der Waals surface area contributed by atoms with Gasteiger partial charge in [-0.05, 0) is 50.8 Å². The van der Waals surface area contributed by atoms with Gasteiger partial charge in [-0.3, -0.25) is 9.59 Å². The molecule has 25 heavy (non-hydrogen) atoms. The molecule has 3 heterocycles. The predicted molar refractivity (Wildman–Crippen MR) is 98.9 cm³/mol. The van der Waals surface area contributed by atoms with Crippen molar-refractivity contribution in [2.24, 2.45) is 4.99 Å². The Balaban J connectivity index is 1.95. The van der Waals surface area contributed by atoms with Gasteiger partial charge in [-0.2, -0.15) is 4.99 Å². The molecule has 0 bridgehead atoms. The highest BCUT2D eigenvalue weighted by Crippen LogP contribution is 2.42. The van der Waals surface area contributed by atoms with Gasteiger partial charge in [0.2, 0.25) is 5.91 Å². The first-order chi connectivity index (χ1) is 11.9. The number of hydrogen-bond donors (Lipinski definition) is 0. The van der Waals surface area contributed by atoms with Gasteiger partial charge >= 0.3 is 0 Å². The van der Waals surface area contributed by atoms with E-state index < -0.39 is 5.54 Å². The van der Waals surface area contributed by atoms with Crippen molar-refractivity contribution < 1.29 is 9.59 Å². The number of nitrogens with zero attached hydrogens (tertiary/aromatic N) is 3. The lowest BCUT2D eigenvalue weighted by Gasteiger charge is -2.56. The molecule has 0 saturated carbocycles. The standard InChI is InChI=1S/C20H25N3O2/c1-5-8-20(9-6-2)10-12-23(20)18(25)19(4)14-17(24)21-16-13-15(3)7-11-22(16)19/h5-7,11,13H,1-2,8-10,12,14H2,3-4H3/t19-/m1/s1. The van der Waals surface area contributed by atoms with E-state index in [1.54, 1.807) is 0 Å². The highest BCUT2D eigenvalue weighted by atomic mass is 16.2. The fraction of sp³-hybridized carbons (Fsp3) is 0.450. The van der Waals surface area contributed by atoms with E-state index in [-0.39, 0.29) is 23.8 Å². The van der Waals surface area contributed by atoms with E-state index in [0.717, 1.165) is 24.8 Å². The number of fused-ring (bicyclic) bond motifs is 1. The fourth-order valence-corrected chi connectivity index (χ4v) is 4.01. The molecule has 2 amide bonds. The molecule has 0 aliphatic carbocycles. The van der Waals surface area contributed by atoms with Gasteiger partial charge < -0.3 is 9.80 Å². The Morgan fingerprint density at radius 2 is 2.04 bits per heavy atom. The number of allylic oxidation sites excluding steroid dienone is 2. The molecule has 0 aromatic carbocycles. The molecule has 3 aliphatic heterocycles. The van der Waals surface area contributed by atoms with E-state index >= 15 is 0 Å². The second kappa shape index (κ2) is 6.14. The molecule has 0 aromatic rings. The van der Waals surface area contributed by atoms with Crippen LogP contribution in [0.1, 0.15) is 39.5 Å². The van der Waals surface area contributed by atoms with E-state index in [9.17, 15) is 9.59 Å². The van der Waals surface area contributed by atoms with Crippen LogP contribution in [-0.2, 0) is 9.59 Å². The third-order valence-electron chi connectivity index (χ3n) is 5.48. The summed E-state index contributed by atoms with van der Waals surface area (Å²) in [7, 11) is 0. The Kier molecular flexibility index (Phi) is 4.27. The van der Waals surface area contributed by atoms with Gasteiger partial charge in [0.25, 0.3) is 5.91 Å². The van der Waals surface area contributed by atoms with Crippen molar-refractivity contribution in [3.63, 3.8) is 0 Å². The van der Waals surface area contributed by atoms with Crippen LogP contribution in [0, 0.1) is 0 Å². The van der Waals surface area contributed by atoms with Crippen molar-refractivity contribution in [1.29, 1.82) is 0 Å². The Hall–Kier alpha value is -2.43. The van der Waals surface area contributed by atoms with Crippen LogP contribution < -0.4 is 0 Å². The summed E-state index contributed by atoms with van der Waals surface area (Å²) in [6.07, 6.45) is 11.8. The summed E-state index contributed by atoms with van der Waals surface area (Å²) in [6, 6.07) is 0. The summed E-state index contributed by atoms with van der Waals surface area (Å²) in [4.78, 5) is 33.6. The van der Waals surface area contributed by atoms with Gasteiger partial charge in [-0.25, -0.2) is 0 Å². The number of hydrogen-bond acceptors (Lipinski definition) is 3. The van der Waals surface area contributed by atoms with Crippen LogP contribution >= 0.6 is 0 Å². The Labute approximate surface area is 149 Å². The first-order valence-electron chi connectivity index (χ1n) is 8.67. The second-order valence-corrected chi connectivity index (χ2v) is 7.31. The third kappa shape index (κ3) is 2.68. The van der Waals surface area contributed by atoms with Crippen molar-refractivity contribution in [3.8, 4) is 0 Å². The zero-order chi connectivity index (χ0) is 18.2. The smallest absolute Gasteiger partial charge is 0.250 e. The largest absolute Gasteiger partial charge is 0.334 e. The molecule has 5 heteroatoms. The van der Waals surface area contributed by atoms with Crippen LogP contribution in [0.25, 0.3) is 0 Å². The maximum Gasteiger partial charge on any atom is 0.250 e. The van der Waals surface area contributed by atoms with E-state index in [4.69, 9.17) is 0 Å². The number of aliphatic imine (C=N–C) groups is 1. The van der Waals surface area contributed by atoms with Crippen LogP contribution in [-0.4, -0.2) is 45.1 Å². The SMILES string of the molecule is C=CCC1(CC=C)CCN1C(=O)[C@@]1(C)CC(=O)N=C2C=C(C)C=CN21. The summed E-state index contributed by atoms with van der Waals surface area (Å²) in [5.74, 6) is 0.270. The molecule has 0 unspecified atom stereocenters. The molecule has 1 fully saturated rings. The zero-order valence-electron chi connectivity index (χ0n) is 15.0. The van der Waals surface area contributed by atoms with Crippen molar-refractivity contribution in [3.05, 3.63) is 49.2 Å². The molecule has 0 spiro atoms. The van der Waals surface area contributed by atoms with Gasteiger partial charge in [0.15, 0.2) is 0 Å². The molecule has 0 aromatic heterocycles. The molecule has 3 aliphatic rings. The van der Waals surface area contributed by atoms with Crippen LogP contribution in [0.3, 0.4) is 0 Å². The predicted octanol–water partition coefficient (Wildman–Crippen LogP) is 2.97. The maximum absolute atomic E-state index is 13.5. The Morgan fingerprint density at radius 3 is 2.60 bits per heavy atom. The normalized spacial score (nSPS) is 27.0. The molecule has 0 N–H and O–H groups in total. The quantitative estimate of drug-likeness (QED) is 0.724. The first-order valence-corrected chi connectivity index (χ1v) is 8.67. The maximum atomic E-state index is 13.5. The molecule has 5 nitrogen and oxygen atoms in total. The van der Waals surface area contributed by atoms with Crippen molar-refractivity contribution in [2.75, 3.05) is 6.54 Å². The van der Waals surface area contributed by atoms with Crippen LogP contribution in [0.2, 0.25) is 0 Å². The summed E-state index contributed by atoms with van der Waals surface area (Å²) >= 11 is 0. The lowest BCUT2D eigenvalue weighted by atomic mass is 9.76. The molecular formula is C20H25N3O2. The Morgan fingerprint density at radius 1 is 1.36 bits per heavy atom. The molecule has 3 rings (SSSR count). The summed E-state index contributed by atoms with van der Waals surface area (Å²) < 4.78 is 0. The van der Waals surface area contributed by atoms with E-state index in [0.29, 0.717) is 12.4 Å². The van der Waals surface area contributed by atoms with Gasteiger partial charge in [0, 0.05) is 12.7 Å². The monoisotopic (exact) mass is 339 g/mol. The minimum Gasteiger partial charge on any atom is -0.334 e. The average Bonchev–Trinajstić information content (AvgIpc) is 2.52. The number of likely N-dealkylation sites (tertiary alicyclic amines) is 1. The second-order valence-electron chi connectivity index (χ2n) is 7.31. The molecule has 132 valence electrons. The van der Waals surface area contributed by atoms with E-state index in [2.05, 4.69) is 18.2 Å². The molecule has 1 saturated heterocycles. The molecule has 0 radical (unpaired) electrons. The lowest BCUT2D eigenvalue weighted by Crippen LogP contribution is -2.70. The van der Waals surface area contributed by atoms with Gasteiger partial charge in [0.05, 0.1) is 12.0 Å². The fourth-order valence-electron chi connectivity index (χ4n) is 4.01. The van der Waals surface area contributed by atoms with Crippen LogP contribution in [0.15, 0.2) is 54.2 Å². The minimum atomic E-state index is -0.949. The highest BCUT2D eigenvalue weighted by Gasteiger charge is 2.54. The lowest BCUT2D eigenvalue weighted by molar-refractivity contribution is -0.159. The number of rotatable bonds is 5. The molecular weight excluding hydrogens is 314 g/mol. The average molecular weight is 339 g/mol. The van der Waals surface area contributed by atoms with Gasteiger partial charge in [-0.1, -0.05) is 12.2 Å². The van der Waals surface area contributed by atoms with Crippen molar-refractivity contribution in [2.45, 2.75) is 50.6 Å². The van der Waals surface area contributed by atoms with Gasteiger partial charge in [0.1, 0.15) is 11.4 Å². The molecule has 1 atom stereocenters. The zero-order valence-corrected chi connectivity index (χ0v) is 15.0. The summed E-state index contributed by atoms with van der Waals surface area (Å²) in [5.41, 5.74) is -0.196. The summed E-state index contributed by atoms with van der Waals surface area (Å²) in [5, 5.41) is 0. The Bertz CT molecular complexity index is 721. The number of amides is 2. The van der Waals surface area contributed by atoms with Crippen LogP contribution in [0.4, 0.5) is 0 Å². The van der Waals surface area contributed by atoms with Gasteiger partial charge in [-0.15, -0.1) is 13.2 Å². The number of carbonyl (C=O) groups excluding carboxylic acids is 2. The number of amidine groups is 1. The minimum absolute atomic E-state index is 0.0270. The van der Waals surface area contributed by atoms with Crippen molar-refractivity contribution in [1.82, 2.24) is 9.80 Å². The third-order valence-corrected chi connectivity index (χ3v) is 5.48. The van der Waals surface area contributed by atoms with E-state index in [1.807, 2.05) is 54.2 Å². The highest BCUT2D eigenvalue weighted by molar-refractivity contribution is 6.10. The first kappa shape index (κ1) is 17.4. The summed E-state index contributed by atoms with van der Waals surface area (Å²) in [6.45, 7) is 12.2. The topological polar surface area (TPSA) is 53.0 Å². The van der Waals surface area contributed by atoms with E-state index in [1.165, 1.54) is 0 Å². The van der Waals surface area contributed by atoms with Crippen LogP contribution in [0.5, 0.6) is 0 Å². The van der Waals surface area contributed by atoms with Crippen molar-refractivity contribution >= 4 is 17.6 Å².